The zero-order valence-corrected chi connectivity index (χ0v) is 18.7. The summed E-state index contributed by atoms with van der Waals surface area (Å²) in [4.78, 5) is 45.6. The average Bonchev–Trinajstić information content (AvgIpc) is 3.57. The second kappa shape index (κ2) is 8.88. The molecule has 0 saturated carbocycles. The molecule has 0 spiro atoms. The lowest BCUT2D eigenvalue weighted by molar-refractivity contribution is -0.137. The van der Waals surface area contributed by atoms with Crippen LogP contribution in [0, 0.1) is 0 Å². The largest absolute Gasteiger partial charge is 0.368 e. The van der Waals surface area contributed by atoms with E-state index in [9.17, 15) is 14.4 Å². The van der Waals surface area contributed by atoms with Gasteiger partial charge in [0.15, 0.2) is 5.78 Å². The van der Waals surface area contributed by atoms with Crippen LogP contribution < -0.4 is 5.73 Å². The van der Waals surface area contributed by atoms with Crippen molar-refractivity contribution in [2.24, 2.45) is 5.73 Å². The van der Waals surface area contributed by atoms with Gasteiger partial charge < -0.3 is 15.4 Å². The maximum atomic E-state index is 14.0. The van der Waals surface area contributed by atoms with Crippen LogP contribution in [0.3, 0.4) is 0 Å². The molecule has 2 saturated heterocycles. The molecule has 7 nitrogen and oxygen atoms in total. The maximum Gasteiger partial charge on any atom is 0.249 e. The predicted octanol–water partition coefficient (Wildman–Crippen LogP) is 2.80. The average molecular weight is 462 g/mol. The monoisotopic (exact) mass is 461 g/mol. The number of ether oxygens (including phenoxy) is 1. The van der Waals surface area contributed by atoms with Gasteiger partial charge in [0.2, 0.25) is 11.8 Å². The summed E-state index contributed by atoms with van der Waals surface area (Å²) in [6.07, 6.45) is 4.09. The predicted molar refractivity (Wildman–Crippen MR) is 124 cm³/mol. The molecule has 0 radical (unpaired) electrons. The number of hydrogen-bond donors (Lipinski definition) is 1. The number of nitrogens with two attached hydrogens (primary N) is 1. The number of Topliss-reactive ketones (excluding diaryl/α,β-unsaturated/α-hetero) is 1. The van der Waals surface area contributed by atoms with Crippen molar-refractivity contribution in [3.63, 3.8) is 0 Å². The van der Waals surface area contributed by atoms with Crippen molar-refractivity contribution in [3.05, 3.63) is 76.9 Å². The fourth-order valence-corrected chi connectivity index (χ4v) is 5.52. The number of likely N-dealkylation sites (tertiary alicyclic amines) is 1. The zero-order valence-electron chi connectivity index (χ0n) is 17.8. The SMILES string of the molecule is NC(=O)c1ccc(-c2cccs2)cc1C(Cc1cccnc1)C(=O)N1CCC2OCC(=O)C21. The Hall–Kier alpha value is -3.36. The van der Waals surface area contributed by atoms with Gasteiger partial charge in [0.25, 0.3) is 0 Å². The van der Waals surface area contributed by atoms with Crippen molar-refractivity contribution in [2.75, 3.05) is 13.2 Å². The molecule has 3 aromatic rings. The number of primary amides is 1. The van der Waals surface area contributed by atoms with Crippen LogP contribution in [-0.4, -0.2) is 52.8 Å². The van der Waals surface area contributed by atoms with Crippen LogP contribution in [0.4, 0.5) is 0 Å². The third kappa shape index (κ3) is 4.07. The Bertz CT molecular complexity index is 1200. The molecule has 2 amide bonds. The van der Waals surface area contributed by atoms with E-state index in [-0.39, 0.29) is 24.4 Å². The lowest BCUT2D eigenvalue weighted by atomic mass is 9.86. The summed E-state index contributed by atoms with van der Waals surface area (Å²) in [5.41, 5.74) is 8.37. The molecule has 8 heteroatoms. The van der Waals surface area contributed by atoms with Crippen molar-refractivity contribution >= 4 is 28.9 Å². The minimum atomic E-state index is -0.691. The van der Waals surface area contributed by atoms with Crippen LogP contribution in [0.15, 0.2) is 60.2 Å². The van der Waals surface area contributed by atoms with Crippen molar-refractivity contribution < 1.29 is 19.1 Å². The van der Waals surface area contributed by atoms with Crippen molar-refractivity contribution in [1.29, 1.82) is 0 Å². The Morgan fingerprint density at radius 2 is 2.12 bits per heavy atom. The molecule has 0 aliphatic carbocycles. The van der Waals surface area contributed by atoms with E-state index in [0.717, 1.165) is 16.0 Å². The molecule has 4 heterocycles. The third-order valence-corrected chi connectivity index (χ3v) is 7.27. The van der Waals surface area contributed by atoms with Crippen molar-refractivity contribution in [2.45, 2.75) is 30.9 Å². The van der Waals surface area contributed by atoms with Gasteiger partial charge in [-0.25, -0.2) is 0 Å². The Morgan fingerprint density at radius 1 is 1.24 bits per heavy atom. The summed E-state index contributed by atoms with van der Waals surface area (Å²) in [6, 6.07) is 12.5. The topological polar surface area (TPSA) is 103 Å². The molecule has 2 aromatic heterocycles. The van der Waals surface area contributed by atoms with Crippen LogP contribution in [0.2, 0.25) is 0 Å². The molecule has 0 bridgehead atoms. The van der Waals surface area contributed by atoms with E-state index in [1.807, 2.05) is 41.8 Å². The molecule has 2 N–H and O–H groups in total. The molecule has 33 heavy (non-hydrogen) atoms. The van der Waals surface area contributed by atoms with E-state index in [1.54, 1.807) is 34.7 Å². The van der Waals surface area contributed by atoms with Gasteiger partial charge in [-0.2, -0.15) is 0 Å². The summed E-state index contributed by atoms with van der Waals surface area (Å²) in [7, 11) is 0. The summed E-state index contributed by atoms with van der Waals surface area (Å²) in [5, 5.41) is 1.98. The van der Waals surface area contributed by atoms with Crippen molar-refractivity contribution in [3.8, 4) is 10.4 Å². The zero-order chi connectivity index (χ0) is 22.9. The first-order valence-corrected chi connectivity index (χ1v) is 11.7. The number of benzene rings is 1. The molecule has 1 aromatic carbocycles. The van der Waals surface area contributed by atoms with Gasteiger partial charge in [-0.1, -0.05) is 18.2 Å². The highest BCUT2D eigenvalue weighted by atomic mass is 32.1. The van der Waals surface area contributed by atoms with Gasteiger partial charge in [0.1, 0.15) is 12.6 Å². The maximum absolute atomic E-state index is 14.0. The van der Waals surface area contributed by atoms with Gasteiger partial charge >= 0.3 is 0 Å². The van der Waals surface area contributed by atoms with Crippen molar-refractivity contribution in [1.82, 2.24) is 9.88 Å². The molecule has 3 atom stereocenters. The van der Waals surface area contributed by atoms with Gasteiger partial charge in [-0.15, -0.1) is 11.3 Å². The fourth-order valence-electron chi connectivity index (χ4n) is 4.80. The quantitative estimate of drug-likeness (QED) is 0.608. The highest BCUT2D eigenvalue weighted by Crippen LogP contribution is 2.35. The van der Waals surface area contributed by atoms with E-state index in [4.69, 9.17) is 10.5 Å². The number of carbonyl (C=O) groups excluding carboxylic acids is 3. The first kappa shape index (κ1) is 21.5. The molecule has 2 aliphatic heterocycles. The lowest BCUT2D eigenvalue weighted by Crippen LogP contribution is -2.44. The van der Waals surface area contributed by atoms with Gasteiger partial charge in [-0.05, 0) is 59.2 Å². The fraction of sp³-hybridized carbons (Fsp3) is 0.280. The Kier molecular flexibility index (Phi) is 5.78. The molecule has 5 rings (SSSR count). The number of fused-ring (bicyclic) bond motifs is 1. The van der Waals surface area contributed by atoms with Crippen LogP contribution in [0.25, 0.3) is 10.4 Å². The molecule has 2 fully saturated rings. The molecule has 3 unspecified atom stereocenters. The highest BCUT2D eigenvalue weighted by molar-refractivity contribution is 7.13. The van der Waals surface area contributed by atoms with E-state index in [2.05, 4.69) is 4.98 Å². The minimum absolute atomic E-state index is 0.0345. The van der Waals surface area contributed by atoms with Gasteiger partial charge in [-0.3, -0.25) is 19.4 Å². The molecule has 168 valence electrons. The number of ketones is 1. The molecular weight excluding hydrogens is 438 g/mol. The first-order valence-electron chi connectivity index (χ1n) is 10.8. The van der Waals surface area contributed by atoms with Gasteiger partial charge in [0.05, 0.1) is 12.0 Å². The molecular formula is C25H23N3O4S. The Balaban J connectivity index is 1.60. The van der Waals surface area contributed by atoms with Crippen LogP contribution in [0.5, 0.6) is 0 Å². The number of carbonyl (C=O) groups is 3. The summed E-state index contributed by atoms with van der Waals surface area (Å²) < 4.78 is 5.58. The lowest BCUT2D eigenvalue weighted by Gasteiger charge is -2.28. The Labute approximate surface area is 195 Å². The van der Waals surface area contributed by atoms with Gasteiger partial charge in [0, 0.05) is 29.4 Å². The number of aromatic nitrogens is 1. The van der Waals surface area contributed by atoms with E-state index < -0.39 is 17.9 Å². The van der Waals surface area contributed by atoms with Crippen LogP contribution >= 0.6 is 11.3 Å². The van der Waals surface area contributed by atoms with E-state index in [0.29, 0.717) is 30.5 Å². The number of hydrogen-bond acceptors (Lipinski definition) is 6. The third-order valence-electron chi connectivity index (χ3n) is 6.35. The summed E-state index contributed by atoms with van der Waals surface area (Å²) in [6.45, 7) is 0.479. The second-order valence-electron chi connectivity index (χ2n) is 8.34. The minimum Gasteiger partial charge on any atom is -0.368 e. The number of pyridine rings is 1. The summed E-state index contributed by atoms with van der Waals surface area (Å²) in [5.74, 6) is -1.56. The summed E-state index contributed by atoms with van der Waals surface area (Å²) >= 11 is 1.58. The van der Waals surface area contributed by atoms with Crippen LogP contribution in [0.1, 0.15) is 33.8 Å². The first-order chi connectivity index (χ1) is 16.0. The number of amides is 2. The van der Waals surface area contributed by atoms with Crippen LogP contribution in [-0.2, 0) is 20.7 Å². The number of thiophene rings is 1. The van der Waals surface area contributed by atoms with E-state index >= 15 is 0 Å². The normalized spacial score (nSPS) is 20.6. The smallest absolute Gasteiger partial charge is 0.249 e. The number of rotatable bonds is 6. The standard InChI is InChI=1S/C25H23N3O4S/c26-24(30)17-6-5-16(22-4-2-10-33-22)12-18(17)19(11-15-3-1-8-27-13-15)25(31)28-9-7-21-23(28)20(29)14-32-21/h1-6,8,10,12-13,19,21,23H,7,9,11,14H2,(H2,26,30). The highest BCUT2D eigenvalue weighted by Gasteiger charge is 2.48. The van der Waals surface area contributed by atoms with E-state index in [1.165, 1.54) is 0 Å². The number of nitrogens with zero attached hydrogens (tertiary/aromatic N) is 2. The molecule has 2 aliphatic rings. The Morgan fingerprint density at radius 3 is 2.85 bits per heavy atom. The second-order valence-corrected chi connectivity index (χ2v) is 9.29.